The average Bonchev–Trinajstić information content (AvgIpc) is 3.31. The van der Waals surface area contributed by atoms with Crippen LogP contribution in [0.4, 0.5) is 17.1 Å². The van der Waals surface area contributed by atoms with E-state index in [0.717, 1.165) is 16.5 Å². The Balaban J connectivity index is 1.28. The minimum absolute atomic E-state index is 0.219. The summed E-state index contributed by atoms with van der Waals surface area (Å²) in [4.78, 5) is 25.3. The minimum atomic E-state index is -0.362. The number of hydrogen-bond acceptors (Lipinski definition) is 4. The van der Waals surface area contributed by atoms with Gasteiger partial charge < -0.3 is 20.8 Å². The molecule has 0 bridgehead atoms. The van der Waals surface area contributed by atoms with E-state index in [1.54, 1.807) is 36.4 Å². The van der Waals surface area contributed by atoms with E-state index in [9.17, 15) is 9.59 Å². The number of hydrogen-bond donors (Lipinski definition) is 3. The molecule has 0 spiro atoms. The molecule has 0 fully saturated rings. The standard InChI is InChI=1S/C28H21N3O3/c29-23-15-12-20(18-6-2-1-3-7-18)16-24(23)31-27(32)19-10-13-22(14-11-19)30-28(33)26-17-21-8-4-5-9-25(21)34-26/h1-17H,29H2,(H,30,33)(H,31,32). The van der Waals surface area contributed by atoms with Crippen molar-refractivity contribution < 1.29 is 14.0 Å². The van der Waals surface area contributed by atoms with Crippen molar-refractivity contribution in [3.8, 4) is 11.1 Å². The Labute approximate surface area is 196 Å². The second kappa shape index (κ2) is 8.96. The summed E-state index contributed by atoms with van der Waals surface area (Å²) in [5, 5.41) is 6.51. The van der Waals surface area contributed by atoms with E-state index < -0.39 is 0 Å². The van der Waals surface area contributed by atoms with Crippen LogP contribution in [0.5, 0.6) is 0 Å². The number of furan rings is 1. The van der Waals surface area contributed by atoms with Gasteiger partial charge in [-0.15, -0.1) is 0 Å². The fourth-order valence-electron chi connectivity index (χ4n) is 3.66. The lowest BCUT2D eigenvalue weighted by molar-refractivity contribution is 0.0997. The number of nitrogens with one attached hydrogen (secondary N) is 2. The Kier molecular flexibility index (Phi) is 5.54. The number of amides is 2. The predicted octanol–water partition coefficient (Wildman–Crippen LogP) is 6.19. The van der Waals surface area contributed by atoms with Gasteiger partial charge in [0.25, 0.3) is 11.8 Å². The number of rotatable bonds is 5. The van der Waals surface area contributed by atoms with Crippen LogP contribution < -0.4 is 16.4 Å². The van der Waals surface area contributed by atoms with Crippen molar-refractivity contribution in [2.45, 2.75) is 0 Å². The van der Waals surface area contributed by atoms with Crippen LogP contribution in [0.1, 0.15) is 20.9 Å². The molecule has 4 aromatic carbocycles. The number of carbonyl (C=O) groups excluding carboxylic acids is 2. The number of nitrogen functional groups attached to an aromatic ring is 1. The van der Waals surface area contributed by atoms with E-state index in [2.05, 4.69) is 10.6 Å². The van der Waals surface area contributed by atoms with Crippen molar-refractivity contribution in [3.63, 3.8) is 0 Å². The normalized spacial score (nSPS) is 10.7. The van der Waals surface area contributed by atoms with E-state index in [1.165, 1.54) is 0 Å². The molecule has 5 aromatic rings. The van der Waals surface area contributed by atoms with Crippen LogP contribution in [0.3, 0.4) is 0 Å². The molecule has 0 radical (unpaired) electrons. The molecule has 0 saturated heterocycles. The largest absolute Gasteiger partial charge is 0.451 e. The van der Waals surface area contributed by atoms with Gasteiger partial charge in [-0.25, -0.2) is 0 Å². The topological polar surface area (TPSA) is 97.4 Å². The Morgan fingerprint density at radius 3 is 2.18 bits per heavy atom. The van der Waals surface area contributed by atoms with E-state index in [1.807, 2.05) is 66.7 Å². The molecule has 5 rings (SSSR count). The molecule has 2 amide bonds. The first-order valence-corrected chi connectivity index (χ1v) is 10.7. The summed E-state index contributed by atoms with van der Waals surface area (Å²) >= 11 is 0. The maximum Gasteiger partial charge on any atom is 0.291 e. The lowest BCUT2D eigenvalue weighted by Crippen LogP contribution is -2.14. The number of anilines is 3. The van der Waals surface area contributed by atoms with Crippen molar-refractivity contribution in [2.24, 2.45) is 0 Å². The molecule has 0 atom stereocenters. The minimum Gasteiger partial charge on any atom is -0.451 e. The molecule has 6 nitrogen and oxygen atoms in total. The molecular formula is C28H21N3O3. The van der Waals surface area contributed by atoms with Crippen molar-refractivity contribution >= 4 is 39.8 Å². The van der Waals surface area contributed by atoms with Gasteiger partial charge in [-0.05, 0) is 59.7 Å². The number of benzene rings is 4. The summed E-state index contributed by atoms with van der Waals surface area (Å²) in [5.74, 6) is -0.442. The van der Waals surface area contributed by atoms with Crippen LogP contribution in [0.15, 0.2) is 108 Å². The molecule has 1 aromatic heterocycles. The maximum atomic E-state index is 12.8. The van der Waals surface area contributed by atoms with Gasteiger partial charge in [-0.2, -0.15) is 0 Å². The number of para-hydroxylation sites is 1. The Bertz CT molecular complexity index is 1460. The quantitative estimate of drug-likeness (QED) is 0.280. The van der Waals surface area contributed by atoms with Gasteiger partial charge in [0.2, 0.25) is 0 Å². The highest BCUT2D eigenvalue weighted by molar-refractivity contribution is 6.07. The van der Waals surface area contributed by atoms with Crippen LogP contribution in [-0.4, -0.2) is 11.8 Å². The predicted molar refractivity (Wildman–Crippen MR) is 135 cm³/mol. The van der Waals surface area contributed by atoms with Gasteiger partial charge in [0.15, 0.2) is 5.76 Å². The highest BCUT2D eigenvalue weighted by Crippen LogP contribution is 2.28. The molecule has 166 valence electrons. The third-order valence-electron chi connectivity index (χ3n) is 5.46. The average molecular weight is 447 g/mol. The third-order valence-corrected chi connectivity index (χ3v) is 5.46. The van der Waals surface area contributed by atoms with Crippen LogP contribution in [0, 0.1) is 0 Å². The second-order valence-electron chi connectivity index (χ2n) is 7.80. The fourth-order valence-corrected chi connectivity index (χ4v) is 3.66. The van der Waals surface area contributed by atoms with Crippen LogP contribution >= 0.6 is 0 Å². The Morgan fingerprint density at radius 2 is 1.41 bits per heavy atom. The highest BCUT2D eigenvalue weighted by Gasteiger charge is 2.14. The first-order valence-electron chi connectivity index (χ1n) is 10.7. The van der Waals surface area contributed by atoms with E-state index in [-0.39, 0.29) is 17.6 Å². The molecular weight excluding hydrogens is 426 g/mol. The molecule has 6 heteroatoms. The van der Waals surface area contributed by atoms with Crippen molar-refractivity contribution in [2.75, 3.05) is 16.4 Å². The summed E-state index contributed by atoms with van der Waals surface area (Å²) in [7, 11) is 0. The molecule has 4 N–H and O–H groups in total. The summed E-state index contributed by atoms with van der Waals surface area (Å²) in [5.41, 5.74) is 10.7. The van der Waals surface area contributed by atoms with Gasteiger partial charge in [-0.3, -0.25) is 9.59 Å². The number of nitrogens with two attached hydrogens (primary N) is 1. The second-order valence-corrected chi connectivity index (χ2v) is 7.80. The third kappa shape index (κ3) is 4.38. The Morgan fingerprint density at radius 1 is 0.676 bits per heavy atom. The molecule has 0 aliphatic carbocycles. The van der Waals surface area contributed by atoms with Crippen molar-refractivity contribution in [1.82, 2.24) is 0 Å². The highest BCUT2D eigenvalue weighted by atomic mass is 16.3. The van der Waals surface area contributed by atoms with Gasteiger partial charge in [-0.1, -0.05) is 54.6 Å². The van der Waals surface area contributed by atoms with Gasteiger partial charge in [0.05, 0.1) is 11.4 Å². The van der Waals surface area contributed by atoms with E-state index >= 15 is 0 Å². The van der Waals surface area contributed by atoms with Crippen LogP contribution in [0.25, 0.3) is 22.1 Å². The number of fused-ring (bicyclic) bond motifs is 1. The first kappa shape index (κ1) is 21.0. The maximum absolute atomic E-state index is 12.8. The summed E-state index contributed by atoms with van der Waals surface area (Å²) in [6.07, 6.45) is 0. The van der Waals surface area contributed by atoms with Gasteiger partial charge in [0, 0.05) is 16.6 Å². The molecule has 34 heavy (non-hydrogen) atoms. The fraction of sp³-hybridized carbons (Fsp3) is 0. The van der Waals surface area contributed by atoms with Crippen LogP contribution in [0.2, 0.25) is 0 Å². The summed E-state index contributed by atoms with van der Waals surface area (Å²) in [6, 6.07) is 31.1. The number of carbonyl (C=O) groups is 2. The first-order chi connectivity index (χ1) is 16.6. The molecule has 0 aliphatic rings. The lowest BCUT2D eigenvalue weighted by Gasteiger charge is -2.11. The lowest BCUT2D eigenvalue weighted by atomic mass is 10.0. The van der Waals surface area contributed by atoms with Crippen LogP contribution in [-0.2, 0) is 0 Å². The monoisotopic (exact) mass is 447 g/mol. The van der Waals surface area contributed by atoms with Gasteiger partial charge >= 0.3 is 0 Å². The SMILES string of the molecule is Nc1ccc(-c2ccccc2)cc1NC(=O)c1ccc(NC(=O)c2cc3ccccc3o2)cc1. The smallest absolute Gasteiger partial charge is 0.291 e. The molecule has 0 saturated carbocycles. The van der Waals surface area contributed by atoms with Gasteiger partial charge in [0.1, 0.15) is 5.58 Å². The van der Waals surface area contributed by atoms with E-state index in [4.69, 9.17) is 10.2 Å². The Hall–Kier alpha value is -4.84. The van der Waals surface area contributed by atoms with Crippen molar-refractivity contribution in [3.05, 3.63) is 114 Å². The molecule has 0 unspecified atom stereocenters. The molecule has 1 heterocycles. The zero-order chi connectivity index (χ0) is 23.5. The van der Waals surface area contributed by atoms with E-state index in [0.29, 0.717) is 28.2 Å². The summed E-state index contributed by atoms with van der Waals surface area (Å²) in [6.45, 7) is 0. The zero-order valence-corrected chi connectivity index (χ0v) is 18.1. The summed E-state index contributed by atoms with van der Waals surface area (Å²) < 4.78 is 5.60. The van der Waals surface area contributed by atoms with Crippen molar-refractivity contribution in [1.29, 1.82) is 0 Å². The molecule has 0 aliphatic heterocycles. The zero-order valence-electron chi connectivity index (χ0n) is 18.1.